The monoisotopic (exact) mass is 281 g/mol. The Morgan fingerprint density at radius 2 is 1.58 bits per heavy atom. The molecule has 0 aromatic rings. The molecule has 0 saturated heterocycles. The van der Waals surface area contributed by atoms with Crippen LogP contribution in [0.4, 0.5) is 0 Å². The Labute approximate surface area is 114 Å². The van der Waals surface area contributed by atoms with E-state index in [9.17, 15) is 4.79 Å². The van der Waals surface area contributed by atoms with Crippen LogP contribution in [-0.2, 0) is 14.5 Å². The number of unbranched alkanes of at least 4 members (excludes halogenated alkanes) is 1. The van der Waals surface area contributed by atoms with Crippen LogP contribution in [0.25, 0.3) is 0 Å². The highest BCUT2D eigenvalue weighted by molar-refractivity contribution is 5.66. The van der Waals surface area contributed by atoms with Gasteiger partial charge in [-0.3, -0.25) is 14.5 Å². The summed E-state index contributed by atoms with van der Waals surface area (Å²) in [5, 5.41) is 26.2. The van der Waals surface area contributed by atoms with Gasteiger partial charge >= 0.3 is 5.97 Å². The lowest BCUT2D eigenvalue weighted by Gasteiger charge is -2.19. The first-order valence-corrected chi connectivity index (χ1v) is 6.59. The molecule has 0 atom stereocenters. The maximum atomic E-state index is 9.60. The van der Waals surface area contributed by atoms with Gasteiger partial charge < -0.3 is 15.3 Å². The molecule has 0 heterocycles. The van der Waals surface area contributed by atoms with Crippen molar-refractivity contribution in [3.63, 3.8) is 0 Å². The maximum absolute atomic E-state index is 9.60. The highest BCUT2D eigenvalue weighted by atomic mass is 16.9. The van der Waals surface area contributed by atoms with Crippen LogP contribution >= 0.6 is 0 Å². The number of nitrogens with zero attached hydrogens (tertiary/aromatic N) is 1. The first-order valence-electron chi connectivity index (χ1n) is 6.59. The Balaban J connectivity index is 0. The van der Waals surface area contributed by atoms with Crippen molar-refractivity contribution in [3.05, 3.63) is 0 Å². The molecule has 3 N–H and O–H groups in total. The van der Waals surface area contributed by atoms with Crippen LogP contribution < -0.4 is 0 Å². The number of hydrogen-bond acceptors (Lipinski definition) is 6. The van der Waals surface area contributed by atoms with E-state index in [0.717, 1.165) is 19.3 Å². The van der Waals surface area contributed by atoms with E-state index in [1.807, 2.05) is 6.92 Å². The Morgan fingerprint density at radius 1 is 1.05 bits per heavy atom. The molecular formula is C12H27NO6. The number of aliphatic hydroxyl groups is 2. The van der Waals surface area contributed by atoms with Crippen LogP contribution in [0.2, 0.25) is 0 Å². The second kappa shape index (κ2) is 17.3. The third-order valence-electron chi connectivity index (χ3n) is 1.81. The standard InChI is InChI=1S/C8H19NO4.C4H8O2/c1-2-3-4-9(12-7-5-10)13-8-6-11;1-2-3-4(5)6/h10-11H,2-8H2,1H3;2-3H2,1H3,(H,5,6). The molecule has 0 radical (unpaired) electrons. The van der Waals surface area contributed by atoms with Gasteiger partial charge in [0.2, 0.25) is 0 Å². The molecule has 116 valence electrons. The van der Waals surface area contributed by atoms with Gasteiger partial charge in [0.05, 0.1) is 33.0 Å². The summed E-state index contributed by atoms with van der Waals surface area (Å²) >= 11 is 0. The van der Waals surface area contributed by atoms with Crippen molar-refractivity contribution < 1.29 is 29.8 Å². The van der Waals surface area contributed by atoms with E-state index < -0.39 is 5.97 Å². The van der Waals surface area contributed by atoms with E-state index in [-0.39, 0.29) is 26.4 Å². The summed E-state index contributed by atoms with van der Waals surface area (Å²) in [7, 11) is 0. The molecule has 0 bridgehead atoms. The first-order chi connectivity index (χ1) is 9.12. The lowest BCUT2D eigenvalue weighted by Crippen LogP contribution is -2.28. The predicted octanol–water partition coefficient (Wildman–Crippen LogP) is 0.807. The van der Waals surface area contributed by atoms with Crippen LogP contribution in [0.15, 0.2) is 0 Å². The normalized spacial score (nSPS) is 10.2. The Kier molecular flexibility index (Phi) is 18.7. The predicted molar refractivity (Wildman–Crippen MR) is 70.2 cm³/mol. The lowest BCUT2D eigenvalue weighted by molar-refractivity contribution is -0.371. The van der Waals surface area contributed by atoms with Crippen LogP contribution in [0.3, 0.4) is 0 Å². The SMILES string of the molecule is CCCC(=O)O.CCCCN(OCCO)OCCO. The molecule has 0 saturated carbocycles. The van der Waals surface area contributed by atoms with Gasteiger partial charge in [-0.25, -0.2) is 0 Å². The van der Waals surface area contributed by atoms with Crippen LogP contribution in [0.5, 0.6) is 0 Å². The number of hydroxylamine groups is 2. The molecule has 0 aliphatic heterocycles. The first kappa shape index (κ1) is 20.6. The molecule has 19 heavy (non-hydrogen) atoms. The molecule has 0 fully saturated rings. The van der Waals surface area contributed by atoms with Crippen molar-refractivity contribution in [1.29, 1.82) is 0 Å². The number of aliphatic hydroxyl groups excluding tert-OH is 2. The van der Waals surface area contributed by atoms with Gasteiger partial charge in [0.25, 0.3) is 0 Å². The molecule has 0 aliphatic carbocycles. The average Bonchev–Trinajstić information content (AvgIpc) is 2.38. The Morgan fingerprint density at radius 3 is 1.84 bits per heavy atom. The van der Waals surface area contributed by atoms with Crippen molar-refractivity contribution in [2.45, 2.75) is 39.5 Å². The summed E-state index contributed by atoms with van der Waals surface area (Å²) < 4.78 is 0. The van der Waals surface area contributed by atoms with Gasteiger partial charge in [0.15, 0.2) is 0 Å². The number of rotatable bonds is 11. The summed E-state index contributed by atoms with van der Waals surface area (Å²) in [4.78, 5) is 19.7. The third kappa shape index (κ3) is 19.8. The lowest BCUT2D eigenvalue weighted by atomic mass is 10.3. The second-order valence-corrected chi connectivity index (χ2v) is 3.67. The highest BCUT2D eigenvalue weighted by Gasteiger charge is 2.04. The van der Waals surface area contributed by atoms with Gasteiger partial charge in [0, 0.05) is 6.42 Å². The number of aliphatic carboxylic acids is 1. The van der Waals surface area contributed by atoms with E-state index in [4.69, 9.17) is 25.0 Å². The zero-order valence-electron chi connectivity index (χ0n) is 11.9. The fourth-order valence-electron chi connectivity index (χ4n) is 0.953. The number of carboxylic acid groups (broad SMARTS) is 1. The maximum Gasteiger partial charge on any atom is 0.303 e. The van der Waals surface area contributed by atoms with E-state index in [0.29, 0.717) is 13.0 Å². The molecule has 0 rings (SSSR count). The van der Waals surface area contributed by atoms with E-state index in [1.54, 1.807) is 0 Å². The summed E-state index contributed by atoms with van der Waals surface area (Å²) in [5.41, 5.74) is 0. The van der Waals surface area contributed by atoms with Crippen LogP contribution in [0.1, 0.15) is 39.5 Å². The summed E-state index contributed by atoms with van der Waals surface area (Å²) in [6.07, 6.45) is 3.02. The largest absolute Gasteiger partial charge is 0.481 e. The summed E-state index contributed by atoms with van der Waals surface area (Å²) in [5.74, 6) is -0.711. The fraction of sp³-hybridized carbons (Fsp3) is 0.917. The van der Waals surface area contributed by atoms with Crippen molar-refractivity contribution in [2.75, 3.05) is 33.0 Å². The van der Waals surface area contributed by atoms with Crippen molar-refractivity contribution >= 4 is 5.97 Å². The van der Waals surface area contributed by atoms with Crippen LogP contribution in [-0.4, -0.2) is 59.5 Å². The van der Waals surface area contributed by atoms with Crippen molar-refractivity contribution in [2.24, 2.45) is 0 Å². The van der Waals surface area contributed by atoms with Crippen LogP contribution in [0, 0.1) is 0 Å². The zero-order chi connectivity index (χ0) is 14.9. The molecule has 0 aromatic carbocycles. The fourth-order valence-corrected chi connectivity index (χ4v) is 0.953. The number of carboxylic acids is 1. The van der Waals surface area contributed by atoms with E-state index >= 15 is 0 Å². The molecule has 0 aliphatic rings. The second-order valence-electron chi connectivity index (χ2n) is 3.67. The minimum Gasteiger partial charge on any atom is -0.481 e. The van der Waals surface area contributed by atoms with Gasteiger partial charge in [-0.2, -0.15) is 0 Å². The summed E-state index contributed by atoms with van der Waals surface area (Å²) in [6.45, 7) is 4.92. The Bertz CT molecular complexity index is 172. The van der Waals surface area contributed by atoms with E-state index in [2.05, 4.69) is 6.92 Å². The zero-order valence-corrected chi connectivity index (χ0v) is 11.9. The number of carbonyl (C=O) groups is 1. The van der Waals surface area contributed by atoms with Crippen molar-refractivity contribution in [3.8, 4) is 0 Å². The number of hydrogen-bond donors (Lipinski definition) is 3. The molecule has 0 unspecified atom stereocenters. The molecular weight excluding hydrogens is 254 g/mol. The minimum atomic E-state index is -0.711. The molecule has 0 spiro atoms. The van der Waals surface area contributed by atoms with Gasteiger partial charge in [-0.05, 0) is 12.8 Å². The van der Waals surface area contributed by atoms with Gasteiger partial charge in [-0.1, -0.05) is 25.5 Å². The average molecular weight is 281 g/mol. The third-order valence-corrected chi connectivity index (χ3v) is 1.81. The smallest absolute Gasteiger partial charge is 0.303 e. The Hall–Kier alpha value is -0.730. The molecule has 7 nitrogen and oxygen atoms in total. The minimum absolute atomic E-state index is 0.0366. The van der Waals surface area contributed by atoms with E-state index in [1.165, 1.54) is 5.23 Å². The highest BCUT2D eigenvalue weighted by Crippen LogP contribution is 1.97. The summed E-state index contributed by atoms with van der Waals surface area (Å²) in [6, 6.07) is 0. The molecule has 0 amide bonds. The van der Waals surface area contributed by atoms with Gasteiger partial charge in [-0.15, -0.1) is 0 Å². The van der Waals surface area contributed by atoms with Crippen molar-refractivity contribution in [1.82, 2.24) is 5.23 Å². The quantitative estimate of drug-likeness (QED) is 0.482. The van der Waals surface area contributed by atoms with Gasteiger partial charge in [0.1, 0.15) is 0 Å². The molecule has 7 heteroatoms. The topological polar surface area (TPSA) is 99.5 Å². The molecule has 0 aromatic heterocycles.